The molecule has 1 aromatic rings. The van der Waals surface area contributed by atoms with Gasteiger partial charge in [0.05, 0.1) is 25.9 Å². The van der Waals surface area contributed by atoms with Crippen molar-refractivity contribution >= 4 is 5.91 Å². The molecule has 1 aliphatic heterocycles. The van der Waals surface area contributed by atoms with Crippen LogP contribution in [0.15, 0.2) is 24.3 Å². The van der Waals surface area contributed by atoms with Crippen LogP contribution in [0.4, 0.5) is 4.39 Å². The molecule has 2 unspecified atom stereocenters. The largest absolute Gasteiger partial charge is 0.488 e. The molecular weight excluding hydrogens is 265 g/mol. The van der Waals surface area contributed by atoms with Crippen LogP contribution in [0.25, 0.3) is 0 Å². The van der Waals surface area contributed by atoms with E-state index in [1.165, 1.54) is 6.07 Å². The highest BCUT2D eigenvalue weighted by Crippen LogP contribution is 2.15. The van der Waals surface area contributed by atoms with Crippen molar-refractivity contribution < 1.29 is 23.4 Å². The third-order valence-corrected chi connectivity index (χ3v) is 2.82. The quantitative estimate of drug-likeness (QED) is 0.880. The fraction of sp³-hybridized carbons (Fsp3) is 0.500. The molecule has 20 heavy (non-hydrogen) atoms. The summed E-state index contributed by atoms with van der Waals surface area (Å²) in [4.78, 5) is 11.8. The number of rotatable bonds is 5. The first-order valence-electron chi connectivity index (χ1n) is 6.54. The Balaban J connectivity index is 1.76. The number of ether oxygens (including phenoxy) is 3. The van der Waals surface area contributed by atoms with Crippen LogP contribution in [0.5, 0.6) is 5.75 Å². The van der Waals surface area contributed by atoms with Gasteiger partial charge in [-0.1, -0.05) is 12.1 Å². The first-order valence-corrected chi connectivity index (χ1v) is 6.54. The lowest BCUT2D eigenvalue weighted by Gasteiger charge is -2.24. The number of benzene rings is 1. The summed E-state index contributed by atoms with van der Waals surface area (Å²) in [5.74, 6) is -0.491. The smallest absolute Gasteiger partial charge is 0.251 e. The van der Waals surface area contributed by atoms with Crippen LogP contribution in [0, 0.1) is 5.82 Å². The lowest BCUT2D eigenvalue weighted by Crippen LogP contribution is -2.47. The molecule has 1 aromatic carbocycles. The van der Waals surface area contributed by atoms with E-state index in [0.29, 0.717) is 13.2 Å². The minimum absolute atomic E-state index is 0.172. The number of hydrogen-bond acceptors (Lipinski definition) is 4. The molecule has 0 spiro atoms. The highest BCUT2D eigenvalue weighted by Gasteiger charge is 2.23. The number of nitrogens with one attached hydrogen (secondary N) is 1. The van der Waals surface area contributed by atoms with E-state index in [1.807, 2.05) is 0 Å². The zero-order valence-electron chi connectivity index (χ0n) is 11.3. The maximum absolute atomic E-state index is 13.3. The summed E-state index contributed by atoms with van der Waals surface area (Å²) in [5.41, 5.74) is 0. The van der Waals surface area contributed by atoms with Crippen LogP contribution in [-0.4, -0.2) is 44.5 Å². The molecule has 1 fully saturated rings. The van der Waals surface area contributed by atoms with Crippen LogP contribution < -0.4 is 10.1 Å². The number of halogens is 1. The standard InChI is InChI=1S/C14H18FNO4/c1-10(8-20-12-5-3-2-4-11(12)15)16-14(17)13-9-18-6-7-19-13/h2-5,10,13H,6-9H2,1H3,(H,16,17). The second kappa shape index (κ2) is 7.21. The van der Waals surface area contributed by atoms with Gasteiger partial charge in [-0.05, 0) is 19.1 Å². The molecule has 1 saturated heterocycles. The lowest BCUT2D eigenvalue weighted by molar-refractivity contribution is -0.148. The predicted molar refractivity (Wildman–Crippen MR) is 70.1 cm³/mol. The number of para-hydroxylation sites is 1. The molecule has 1 amide bonds. The van der Waals surface area contributed by atoms with E-state index >= 15 is 0 Å². The van der Waals surface area contributed by atoms with Gasteiger partial charge in [-0.2, -0.15) is 0 Å². The van der Waals surface area contributed by atoms with E-state index in [0.717, 1.165) is 0 Å². The zero-order valence-corrected chi connectivity index (χ0v) is 11.3. The highest BCUT2D eigenvalue weighted by atomic mass is 19.1. The van der Waals surface area contributed by atoms with Gasteiger partial charge in [0.15, 0.2) is 17.7 Å². The molecule has 0 radical (unpaired) electrons. The van der Waals surface area contributed by atoms with E-state index in [-0.39, 0.29) is 30.9 Å². The first-order chi connectivity index (χ1) is 9.66. The molecule has 1 heterocycles. The average molecular weight is 283 g/mol. The summed E-state index contributed by atoms with van der Waals surface area (Å²) < 4.78 is 29.1. The predicted octanol–water partition coefficient (Wildman–Crippen LogP) is 1.12. The summed E-state index contributed by atoms with van der Waals surface area (Å²) in [7, 11) is 0. The Morgan fingerprint density at radius 2 is 2.30 bits per heavy atom. The number of amides is 1. The Labute approximate surface area is 117 Å². The molecule has 110 valence electrons. The van der Waals surface area contributed by atoms with Crippen molar-refractivity contribution in [2.75, 3.05) is 26.4 Å². The Kier molecular flexibility index (Phi) is 5.31. The van der Waals surface area contributed by atoms with Crippen LogP contribution in [0.2, 0.25) is 0 Å². The third-order valence-electron chi connectivity index (χ3n) is 2.82. The van der Waals surface area contributed by atoms with Gasteiger partial charge in [0.1, 0.15) is 6.61 Å². The molecule has 0 bridgehead atoms. The lowest BCUT2D eigenvalue weighted by atomic mass is 10.3. The summed E-state index contributed by atoms with van der Waals surface area (Å²) in [5, 5.41) is 2.75. The average Bonchev–Trinajstić information content (AvgIpc) is 2.47. The highest BCUT2D eigenvalue weighted by molar-refractivity contribution is 5.81. The van der Waals surface area contributed by atoms with Gasteiger partial charge in [0.25, 0.3) is 5.91 Å². The fourth-order valence-electron chi connectivity index (χ4n) is 1.79. The van der Waals surface area contributed by atoms with E-state index in [4.69, 9.17) is 14.2 Å². The molecule has 5 nitrogen and oxygen atoms in total. The van der Waals surface area contributed by atoms with Gasteiger partial charge < -0.3 is 19.5 Å². The van der Waals surface area contributed by atoms with Crippen LogP contribution >= 0.6 is 0 Å². The van der Waals surface area contributed by atoms with Crippen molar-refractivity contribution in [1.82, 2.24) is 5.32 Å². The summed E-state index contributed by atoms with van der Waals surface area (Å²) in [6.07, 6.45) is -0.584. The van der Waals surface area contributed by atoms with Gasteiger partial charge in [-0.25, -0.2) is 4.39 Å². The maximum Gasteiger partial charge on any atom is 0.251 e. The maximum atomic E-state index is 13.3. The van der Waals surface area contributed by atoms with Crippen molar-refractivity contribution in [1.29, 1.82) is 0 Å². The molecular formula is C14H18FNO4. The van der Waals surface area contributed by atoms with Crippen LogP contribution in [-0.2, 0) is 14.3 Å². The molecule has 1 aliphatic rings. The van der Waals surface area contributed by atoms with E-state index < -0.39 is 11.9 Å². The van der Waals surface area contributed by atoms with Gasteiger partial charge in [-0.15, -0.1) is 0 Å². The zero-order chi connectivity index (χ0) is 14.4. The molecule has 0 aliphatic carbocycles. The van der Waals surface area contributed by atoms with Gasteiger partial charge >= 0.3 is 0 Å². The van der Waals surface area contributed by atoms with Crippen molar-refractivity contribution in [3.05, 3.63) is 30.1 Å². The van der Waals surface area contributed by atoms with Gasteiger partial charge in [-0.3, -0.25) is 4.79 Å². The molecule has 0 aromatic heterocycles. The van der Waals surface area contributed by atoms with Gasteiger partial charge in [0, 0.05) is 0 Å². The van der Waals surface area contributed by atoms with Crippen molar-refractivity contribution in [2.24, 2.45) is 0 Å². The Hall–Kier alpha value is -1.66. The van der Waals surface area contributed by atoms with Crippen LogP contribution in [0.1, 0.15) is 6.92 Å². The Bertz CT molecular complexity index is 449. The summed E-state index contributed by atoms with van der Waals surface area (Å²) in [6.45, 7) is 3.14. The SMILES string of the molecule is CC(COc1ccccc1F)NC(=O)C1COCCO1. The minimum atomic E-state index is -0.584. The van der Waals surface area contributed by atoms with Crippen molar-refractivity contribution in [3.8, 4) is 5.75 Å². The third kappa shape index (κ3) is 4.18. The molecule has 2 atom stereocenters. The summed E-state index contributed by atoms with van der Waals surface area (Å²) in [6, 6.07) is 5.89. The first kappa shape index (κ1) is 14.7. The second-order valence-electron chi connectivity index (χ2n) is 4.59. The number of hydrogen-bond donors (Lipinski definition) is 1. The minimum Gasteiger partial charge on any atom is -0.488 e. The van der Waals surface area contributed by atoms with Crippen LogP contribution in [0.3, 0.4) is 0 Å². The molecule has 0 saturated carbocycles. The van der Waals surface area contributed by atoms with E-state index in [1.54, 1.807) is 25.1 Å². The topological polar surface area (TPSA) is 56.8 Å². The fourth-order valence-corrected chi connectivity index (χ4v) is 1.79. The number of carbonyl (C=O) groups is 1. The Morgan fingerprint density at radius 1 is 1.50 bits per heavy atom. The van der Waals surface area contributed by atoms with E-state index in [9.17, 15) is 9.18 Å². The van der Waals surface area contributed by atoms with E-state index in [2.05, 4.69) is 5.32 Å². The van der Waals surface area contributed by atoms with Crippen molar-refractivity contribution in [3.63, 3.8) is 0 Å². The molecule has 6 heteroatoms. The number of carbonyl (C=O) groups excluding carboxylic acids is 1. The summed E-state index contributed by atoms with van der Waals surface area (Å²) >= 11 is 0. The molecule has 2 rings (SSSR count). The normalized spacial score (nSPS) is 20.2. The monoisotopic (exact) mass is 283 g/mol. The second-order valence-corrected chi connectivity index (χ2v) is 4.59. The van der Waals surface area contributed by atoms with Gasteiger partial charge in [0.2, 0.25) is 0 Å². The van der Waals surface area contributed by atoms with Crippen molar-refractivity contribution in [2.45, 2.75) is 19.1 Å². The Morgan fingerprint density at radius 3 is 3.00 bits per heavy atom. The molecule has 1 N–H and O–H groups in total.